The fourth-order valence-corrected chi connectivity index (χ4v) is 1.26. The van der Waals surface area contributed by atoms with Gasteiger partial charge in [-0.05, 0) is 19.1 Å². The van der Waals surface area contributed by atoms with Crippen LogP contribution in [0.15, 0.2) is 18.3 Å². The van der Waals surface area contributed by atoms with Crippen LogP contribution in [-0.2, 0) is 9.59 Å². The van der Waals surface area contributed by atoms with Gasteiger partial charge in [-0.1, -0.05) is 0 Å². The van der Waals surface area contributed by atoms with Crippen molar-refractivity contribution in [1.82, 2.24) is 4.98 Å². The molecule has 0 radical (unpaired) electrons. The Hall–Kier alpha value is -1.91. The van der Waals surface area contributed by atoms with Gasteiger partial charge in [0.15, 0.2) is 0 Å². The van der Waals surface area contributed by atoms with Crippen LogP contribution < -0.4 is 4.90 Å². The first-order valence-corrected chi connectivity index (χ1v) is 4.44. The predicted octanol–water partition coefficient (Wildman–Crippen LogP) is 0.828. The minimum atomic E-state index is -1.05. The fraction of sp³-hybridized carbons (Fsp3) is 0.300. The molecule has 0 fully saturated rings. The van der Waals surface area contributed by atoms with Gasteiger partial charge in [-0.15, -0.1) is 0 Å². The second kappa shape index (κ2) is 4.54. The lowest BCUT2D eigenvalue weighted by Crippen LogP contribution is -2.34. The molecule has 15 heavy (non-hydrogen) atoms. The molecule has 5 nitrogen and oxygen atoms in total. The van der Waals surface area contributed by atoms with Crippen LogP contribution in [0, 0.1) is 6.92 Å². The molecule has 80 valence electrons. The zero-order chi connectivity index (χ0) is 11.4. The standard InChI is InChI=1S/C10H12N2O3/c1-7-9(4-3-5-11-7)12(8(2)13)6-10(14)15/h3-5H,6H2,1-2H3,(H,14,15). The van der Waals surface area contributed by atoms with Crippen molar-refractivity contribution in [2.75, 3.05) is 11.4 Å². The number of carbonyl (C=O) groups excluding carboxylic acids is 1. The minimum Gasteiger partial charge on any atom is -0.480 e. The third-order valence-corrected chi connectivity index (χ3v) is 1.94. The number of aromatic nitrogens is 1. The van der Waals surface area contributed by atoms with Gasteiger partial charge in [-0.3, -0.25) is 19.5 Å². The van der Waals surface area contributed by atoms with Crippen molar-refractivity contribution in [3.8, 4) is 0 Å². The maximum Gasteiger partial charge on any atom is 0.323 e. The van der Waals surface area contributed by atoms with E-state index in [9.17, 15) is 9.59 Å². The highest BCUT2D eigenvalue weighted by Gasteiger charge is 2.16. The molecule has 0 saturated heterocycles. The molecule has 1 rings (SSSR count). The Bertz CT molecular complexity index is 390. The number of pyridine rings is 1. The first-order chi connectivity index (χ1) is 7.02. The van der Waals surface area contributed by atoms with Gasteiger partial charge < -0.3 is 5.11 Å². The molecule has 0 aliphatic rings. The summed E-state index contributed by atoms with van der Waals surface area (Å²) in [7, 11) is 0. The molecule has 1 heterocycles. The highest BCUT2D eigenvalue weighted by Crippen LogP contribution is 2.16. The molecular weight excluding hydrogens is 196 g/mol. The second-order valence-corrected chi connectivity index (χ2v) is 3.11. The molecule has 0 bridgehead atoms. The first-order valence-electron chi connectivity index (χ1n) is 4.44. The third kappa shape index (κ3) is 2.77. The number of amides is 1. The lowest BCUT2D eigenvalue weighted by Gasteiger charge is -2.20. The zero-order valence-corrected chi connectivity index (χ0v) is 8.60. The van der Waals surface area contributed by atoms with Crippen molar-refractivity contribution in [2.24, 2.45) is 0 Å². The van der Waals surface area contributed by atoms with E-state index in [1.165, 1.54) is 11.8 Å². The fourth-order valence-electron chi connectivity index (χ4n) is 1.26. The van der Waals surface area contributed by atoms with Crippen molar-refractivity contribution >= 4 is 17.6 Å². The van der Waals surface area contributed by atoms with E-state index in [0.29, 0.717) is 11.4 Å². The maximum absolute atomic E-state index is 11.3. The number of aliphatic carboxylic acids is 1. The average Bonchev–Trinajstić information content (AvgIpc) is 2.15. The molecule has 1 aromatic heterocycles. The van der Waals surface area contributed by atoms with Crippen LogP contribution >= 0.6 is 0 Å². The Kier molecular flexibility index (Phi) is 3.38. The SMILES string of the molecule is CC(=O)N(CC(=O)O)c1cccnc1C. The van der Waals surface area contributed by atoms with E-state index in [1.807, 2.05) is 0 Å². The summed E-state index contributed by atoms with van der Waals surface area (Å²) in [5.74, 6) is -1.36. The second-order valence-electron chi connectivity index (χ2n) is 3.11. The van der Waals surface area contributed by atoms with Gasteiger partial charge in [0.1, 0.15) is 6.54 Å². The van der Waals surface area contributed by atoms with Crippen LogP contribution in [0.5, 0.6) is 0 Å². The van der Waals surface area contributed by atoms with Crippen molar-refractivity contribution in [3.05, 3.63) is 24.0 Å². The lowest BCUT2D eigenvalue weighted by atomic mass is 10.2. The molecule has 0 spiro atoms. The number of rotatable bonds is 3. The summed E-state index contributed by atoms with van der Waals surface area (Å²) < 4.78 is 0. The Morgan fingerprint density at radius 3 is 2.67 bits per heavy atom. The Labute approximate surface area is 87.4 Å². The summed E-state index contributed by atoms with van der Waals surface area (Å²) in [5, 5.41) is 8.67. The summed E-state index contributed by atoms with van der Waals surface area (Å²) in [6, 6.07) is 3.34. The van der Waals surface area contributed by atoms with Crippen LogP contribution in [0.2, 0.25) is 0 Å². The summed E-state index contributed by atoms with van der Waals surface area (Å²) in [6.07, 6.45) is 1.60. The topological polar surface area (TPSA) is 70.5 Å². The summed E-state index contributed by atoms with van der Waals surface area (Å²) in [6.45, 7) is 2.71. The molecule has 0 aliphatic carbocycles. The van der Waals surface area contributed by atoms with E-state index in [2.05, 4.69) is 4.98 Å². The van der Waals surface area contributed by atoms with Gasteiger partial charge in [0.2, 0.25) is 5.91 Å². The Morgan fingerprint density at radius 1 is 1.53 bits per heavy atom. The van der Waals surface area contributed by atoms with Crippen LogP contribution in [0.3, 0.4) is 0 Å². The molecule has 0 saturated carbocycles. The van der Waals surface area contributed by atoms with Gasteiger partial charge in [0.05, 0.1) is 11.4 Å². The van der Waals surface area contributed by atoms with Crippen molar-refractivity contribution in [3.63, 3.8) is 0 Å². The van der Waals surface area contributed by atoms with Crippen molar-refractivity contribution in [2.45, 2.75) is 13.8 Å². The normalized spacial score (nSPS) is 9.73. The van der Waals surface area contributed by atoms with E-state index in [1.54, 1.807) is 25.3 Å². The minimum absolute atomic E-state index is 0.312. The van der Waals surface area contributed by atoms with E-state index in [4.69, 9.17) is 5.11 Å². The molecule has 5 heteroatoms. The number of carboxylic acid groups (broad SMARTS) is 1. The van der Waals surface area contributed by atoms with E-state index in [0.717, 1.165) is 0 Å². The van der Waals surface area contributed by atoms with E-state index in [-0.39, 0.29) is 12.5 Å². The van der Waals surface area contributed by atoms with Gasteiger partial charge >= 0.3 is 5.97 Å². The van der Waals surface area contributed by atoms with Gasteiger partial charge in [0, 0.05) is 13.1 Å². The predicted molar refractivity (Wildman–Crippen MR) is 54.6 cm³/mol. The van der Waals surface area contributed by atoms with Crippen LogP contribution in [-0.4, -0.2) is 28.5 Å². The largest absolute Gasteiger partial charge is 0.480 e. The first kappa shape index (κ1) is 11.2. The summed E-state index contributed by atoms with van der Waals surface area (Å²) in [4.78, 5) is 27.0. The average molecular weight is 208 g/mol. The van der Waals surface area contributed by atoms with Crippen LogP contribution in [0.4, 0.5) is 5.69 Å². The number of carboxylic acids is 1. The third-order valence-electron chi connectivity index (χ3n) is 1.94. The quantitative estimate of drug-likeness (QED) is 0.798. The monoisotopic (exact) mass is 208 g/mol. The van der Waals surface area contributed by atoms with Gasteiger partial charge in [0.25, 0.3) is 0 Å². The van der Waals surface area contributed by atoms with Gasteiger partial charge in [-0.25, -0.2) is 0 Å². The molecule has 0 unspecified atom stereocenters. The number of anilines is 1. The maximum atomic E-state index is 11.3. The zero-order valence-electron chi connectivity index (χ0n) is 8.60. The van der Waals surface area contributed by atoms with E-state index >= 15 is 0 Å². The molecule has 0 atom stereocenters. The summed E-state index contributed by atoms with van der Waals surface area (Å²) in [5.41, 5.74) is 1.17. The highest BCUT2D eigenvalue weighted by atomic mass is 16.4. The number of carbonyl (C=O) groups is 2. The molecule has 0 aliphatic heterocycles. The van der Waals surface area contributed by atoms with E-state index < -0.39 is 5.97 Å². The number of hydrogen-bond acceptors (Lipinski definition) is 3. The van der Waals surface area contributed by atoms with Crippen molar-refractivity contribution < 1.29 is 14.7 Å². The van der Waals surface area contributed by atoms with Crippen LogP contribution in [0.1, 0.15) is 12.6 Å². The lowest BCUT2D eigenvalue weighted by molar-refractivity contribution is -0.136. The molecule has 1 amide bonds. The molecular formula is C10H12N2O3. The highest BCUT2D eigenvalue weighted by molar-refractivity contribution is 5.96. The molecule has 0 aromatic carbocycles. The number of aryl methyl sites for hydroxylation is 1. The van der Waals surface area contributed by atoms with Crippen LogP contribution in [0.25, 0.3) is 0 Å². The van der Waals surface area contributed by atoms with Gasteiger partial charge in [-0.2, -0.15) is 0 Å². The number of nitrogens with zero attached hydrogens (tertiary/aromatic N) is 2. The number of hydrogen-bond donors (Lipinski definition) is 1. The Morgan fingerprint density at radius 2 is 2.20 bits per heavy atom. The molecule has 1 aromatic rings. The van der Waals surface area contributed by atoms with Crippen molar-refractivity contribution in [1.29, 1.82) is 0 Å². The molecule has 1 N–H and O–H groups in total. The summed E-state index contributed by atoms with van der Waals surface area (Å²) >= 11 is 0. The Balaban J connectivity index is 3.04. The smallest absolute Gasteiger partial charge is 0.323 e.